The van der Waals surface area contributed by atoms with Crippen molar-refractivity contribution in [3.63, 3.8) is 0 Å². The molecule has 0 spiro atoms. The van der Waals surface area contributed by atoms with Gasteiger partial charge in [-0.2, -0.15) is 63.0 Å². The van der Waals surface area contributed by atoms with Crippen molar-refractivity contribution >= 4 is 10.1 Å². The van der Waals surface area contributed by atoms with Gasteiger partial charge in [0.2, 0.25) is 0 Å². The zero-order valence-electron chi connectivity index (χ0n) is 14.2. The third kappa shape index (κ3) is 5.24. The van der Waals surface area contributed by atoms with E-state index in [1.54, 1.807) is 4.74 Å². The first-order chi connectivity index (χ1) is 13.4. The van der Waals surface area contributed by atoms with E-state index in [0.717, 1.165) is 12.1 Å². The van der Waals surface area contributed by atoms with Crippen molar-refractivity contribution in [2.45, 2.75) is 29.7 Å². The van der Waals surface area contributed by atoms with Crippen LogP contribution in [-0.2, 0) is 19.1 Å². The zero-order chi connectivity index (χ0) is 23.6. The molecule has 1 aromatic rings. The summed E-state index contributed by atoms with van der Waals surface area (Å²) in [5, 5.41) is 2.17. The minimum Gasteiger partial charge on any atom is -0.497 e. The summed E-state index contributed by atoms with van der Waals surface area (Å²) in [7, 11) is -5.70. The first-order valence-corrected chi connectivity index (χ1v) is 8.45. The fraction of sp³-hybridized carbons (Fsp3) is 0.462. The first-order valence-electron chi connectivity index (χ1n) is 7.04. The Morgan fingerprint density at radius 2 is 1.47 bits per heavy atom. The molecule has 0 aromatic heterocycles. The molecule has 30 heavy (non-hydrogen) atoms. The van der Waals surface area contributed by atoms with Gasteiger partial charge in [0, 0.05) is 0 Å². The third-order valence-corrected chi connectivity index (χ3v) is 4.27. The monoisotopic (exact) mass is 476 g/mol. The summed E-state index contributed by atoms with van der Waals surface area (Å²) in [5.41, 5.74) is 1.02. The van der Waals surface area contributed by atoms with E-state index in [1.807, 2.05) is 0 Å². The number of nitrogens with zero attached hydrogens (tertiary/aromatic N) is 1. The molecule has 1 unspecified atom stereocenters. The predicted molar refractivity (Wildman–Crippen MR) is 76.5 cm³/mol. The van der Waals surface area contributed by atoms with Crippen molar-refractivity contribution in [3.05, 3.63) is 29.8 Å². The molecular weight excluding hydrogens is 467 g/mol. The Labute approximate surface area is 162 Å². The number of hydroxylamine groups is 1. The second-order valence-corrected chi connectivity index (χ2v) is 6.73. The van der Waals surface area contributed by atoms with Crippen molar-refractivity contribution in [3.8, 4) is 11.8 Å². The molecule has 0 saturated heterocycles. The second-order valence-electron chi connectivity index (χ2n) is 5.14. The molecule has 0 aliphatic rings. The van der Waals surface area contributed by atoms with Gasteiger partial charge in [-0.05, 0) is 17.7 Å². The average molecular weight is 476 g/mol. The summed E-state index contributed by atoms with van der Waals surface area (Å²) in [4.78, 5) is 0. The van der Waals surface area contributed by atoms with Crippen molar-refractivity contribution in [2.24, 2.45) is 0 Å². The molecule has 0 aliphatic carbocycles. The van der Waals surface area contributed by atoms with Crippen molar-refractivity contribution < 1.29 is 61.7 Å². The number of hydrogen-bond acceptors (Lipinski definition) is 7. The van der Waals surface area contributed by atoms with Gasteiger partial charge in [-0.1, -0.05) is 12.1 Å². The van der Waals surface area contributed by atoms with E-state index in [-0.39, 0.29) is 11.3 Å². The second kappa shape index (κ2) is 8.45. The Hall–Kier alpha value is -2.29. The van der Waals surface area contributed by atoms with Crippen molar-refractivity contribution in [2.75, 3.05) is 7.11 Å². The predicted octanol–water partition coefficient (Wildman–Crippen LogP) is 3.47. The molecule has 1 aromatic carbocycles. The molecule has 0 aliphatic heterocycles. The lowest BCUT2D eigenvalue weighted by molar-refractivity contribution is -0.476. The molecule has 0 fully saturated rings. The highest BCUT2D eigenvalue weighted by Gasteiger charge is 2.75. The fourth-order valence-electron chi connectivity index (χ4n) is 1.55. The van der Waals surface area contributed by atoms with E-state index >= 15 is 0 Å². The van der Waals surface area contributed by atoms with Gasteiger partial charge >= 0.3 is 33.8 Å². The van der Waals surface area contributed by atoms with E-state index in [2.05, 4.69) is 4.28 Å². The Morgan fingerprint density at radius 3 is 1.87 bits per heavy atom. The number of alkyl halides is 9. The van der Waals surface area contributed by atoms with Crippen LogP contribution >= 0.6 is 0 Å². The summed E-state index contributed by atoms with van der Waals surface area (Å²) < 4.78 is 147. The van der Waals surface area contributed by atoms with E-state index in [0.29, 0.717) is 0 Å². The summed E-state index contributed by atoms with van der Waals surface area (Å²) in [5.74, 6) is 0.248. The smallest absolute Gasteiger partial charge is 0.483 e. The topological polar surface area (TPSA) is 97.6 Å². The van der Waals surface area contributed by atoms with Crippen LogP contribution in [0.2, 0.25) is 0 Å². The summed E-state index contributed by atoms with van der Waals surface area (Å²) in [6, 6.07) is 4.09. The lowest BCUT2D eigenvalue weighted by atomic mass is 10.1. The maximum atomic E-state index is 13.5. The van der Waals surface area contributed by atoms with Gasteiger partial charge in [-0.3, -0.25) is 0 Å². The van der Waals surface area contributed by atoms with Gasteiger partial charge in [0.25, 0.3) is 0 Å². The van der Waals surface area contributed by atoms with Gasteiger partial charge in [-0.25, -0.2) is 4.74 Å². The number of ether oxygens (including phenoxy) is 2. The first kappa shape index (κ1) is 25.7. The highest BCUT2D eigenvalue weighted by atomic mass is 32.2. The molecule has 7 nitrogen and oxygen atoms in total. The summed E-state index contributed by atoms with van der Waals surface area (Å²) in [6.07, 6.45) is -20.6. The summed E-state index contributed by atoms with van der Waals surface area (Å²) >= 11 is 0. The van der Waals surface area contributed by atoms with Crippen molar-refractivity contribution in [1.82, 2.24) is 5.48 Å². The minimum absolute atomic E-state index is 0.150. The van der Waals surface area contributed by atoms with Crippen LogP contribution in [0.25, 0.3) is 0 Å². The summed E-state index contributed by atoms with van der Waals surface area (Å²) in [6.45, 7) is 0. The van der Waals surface area contributed by atoms with Crippen LogP contribution in [0.3, 0.4) is 0 Å². The standard InChI is InChI=1S/C13H9F9N2O5S/c1-27-8-4-2-7(3-5-8)9(6-23)24-29-30(25,26)13(21,22)12(19,20)28-11(17,18)10(14,15)16/h2-5,9,24H,1H3. The molecule has 0 radical (unpaired) electrons. The molecule has 170 valence electrons. The highest BCUT2D eigenvalue weighted by Crippen LogP contribution is 2.47. The van der Waals surface area contributed by atoms with Gasteiger partial charge in [0.1, 0.15) is 11.8 Å². The lowest BCUT2D eigenvalue weighted by Crippen LogP contribution is -2.56. The Kier molecular flexibility index (Phi) is 7.25. The molecule has 0 heterocycles. The molecule has 1 atom stereocenters. The van der Waals surface area contributed by atoms with Gasteiger partial charge in [0.05, 0.1) is 13.2 Å². The van der Waals surface area contributed by atoms with Crippen LogP contribution in [0.4, 0.5) is 39.5 Å². The van der Waals surface area contributed by atoms with E-state index in [9.17, 15) is 47.9 Å². The number of nitriles is 1. The largest absolute Gasteiger partial charge is 0.497 e. The highest BCUT2D eigenvalue weighted by molar-refractivity contribution is 7.87. The fourth-order valence-corrected chi connectivity index (χ4v) is 2.21. The van der Waals surface area contributed by atoms with Crippen LogP contribution in [0.1, 0.15) is 11.6 Å². The molecule has 0 bridgehead atoms. The van der Waals surface area contributed by atoms with E-state index in [1.165, 1.54) is 30.8 Å². The van der Waals surface area contributed by atoms with E-state index < -0.39 is 39.8 Å². The Morgan fingerprint density at radius 1 is 0.967 bits per heavy atom. The molecular formula is C13H9F9N2O5S. The number of nitrogens with one attached hydrogen (secondary N) is 1. The minimum atomic E-state index is -6.96. The number of benzene rings is 1. The van der Waals surface area contributed by atoms with Crippen molar-refractivity contribution in [1.29, 1.82) is 5.26 Å². The number of rotatable bonds is 9. The zero-order valence-corrected chi connectivity index (χ0v) is 15.0. The van der Waals surface area contributed by atoms with Gasteiger partial charge in [0.15, 0.2) is 0 Å². The maximum absolute atomic E-state index is 13.5. The van der Waals surface area contributed by atoms with Crippen LogP contribution in [-0.4, -0.2) is 39.2 Å². The van der Waals surface area contributed by atoms with Crippen LogP contribution in [0.15, 0.2) is 24.3 Å². The lowest BCUT2D eigenvalue weighted by Gasteiger charge is -2.29. The average Bonchev–Trinajstić information content (AvgIpc) is 2.60. The molecule has 0 amide bonds. The molecule has 1 N–H and O–H groups in total. The third-order valence-electron chi connectivity index (χ3n) is 3.09. The Balaban J connectivity index is 3.06. The van der Waals surface area contributed by atoms with E-state index in [4.69, 9.17) is 10.00 Å². The van der Waals surface area contributed by atoms with Crippen LogP contribution in [0.5, 0.6) is 5.75 Å². The molecule has 0 saturated carbocycles. The van der Waals surface area contributed by atoms with Crippen LogP contribution < -0.4 is 10.2 Å². The van der Waals surface area contributed by atoms with Gasteiger partial charge < -0.3 is 4.74 Å². The number of hydrogen-bond donors (Lipinski definition) is 1. The normalized spacial score (nSPS) is 14.8. The number of methoxy groups -OCH3 is 1. The maximum Gasteiger partial charge on any atom is 0.483 e. The van der Waals surface area contributed by atoms with Crippen LogP contribution in [0, 0.1) is 11.3 Å². The number of halogens is 9. The molecule has 1 rings (SSSR count). The van der Waals surface area contributed by atoms with Gasteiger partial charge in [-0.15, -0.1) is 0 Å². The quantitative estimate of drug-likeness (QED) is 0.431. The SMILES string of the molecule is COc1ccc(C(C#N)NOS(=O)(=O)C(F)(F)C(F)(F)OC(F)(F)C(F)(F)F)cc1. The molecule has 17 heteroatoms. The Bertz CT molecular complexity index is 882.